The Morgan fingerprint density at radius 1 is 1.22 bits per heavy atom. The van der Waals surface area contributed by atoms with Gasteiger partial charge in [0.25, 0.3) is 5.91 Å². The predicted molar refractivity (Wildman–Crippen MR) is 111 cm³/mol. The topological polar surface area (TPSA) is 70.7 Å². The average Bonchev–Trinajstić information content (AvgIpc) is 3.33. The zero-order chi connectivity index (χ0) is 19.0. The van der Waals surface area contributed by atoms with E-state index in [-0.39, 0.29) is 5.91 Å². The van der Waals surface area contributed by atoms with Crippen molar-refractivity contribution in [1.29, 1.82) is 0 Å². The van der Waals surface area contributed by atoms with E-state index >= 15 is 0 Å². The second-order valence-corrected chi connectivity index (χ2v) is 8.86. The van der Waals surface area contributed by atoms with Crippen molar-refractivity contribution in [2.24, 2.45) is 0 Å². The van der Waals surface area contributed by atoms with Crippen molar-refractivity contribution in [2.75, 3.05) is 0 Å². The summed E-state index contributed by atoms with van der Waals surface area (Å²) in [5.74, 6) is 0.372. The van der Waals surface area contributed by atoms with Gasteiger partial charge in [-0.25, -0.2) is 0 Å². The molecule has 1 aliphatic rings. The Morgan fingerprint density at radius 3 is 2.63 bits per heavy atom. The van der Waals surface area contributed by atoms with E-state index in [0.717, 1.165) is 26.9 Å². The van der Waals surface area contributed by atoms with E-state index in [4.69, 9.17) is 0 Å². The van der Waals surface area contributed by atoms with Gasteiger partial charge in [-0.3, -0.25) is 4.79 Å². The number of nitrogens with one attached hydrogen (secondary N) is 2. The summed E-state index contributed by atoms with van der Waals surface area (Å²) in [6, 6.07) is 12.3. The zero-order valence-corrected chi connectivity index (χ0v) is 17.4. The van der Waals surface area contributed by atoms with E-state index in [0.29, 0.717) is 17.8 Å². The van der Waals surface area contributed by atoms with Crippen LogP contribution in [0.25, 0.3) is 11.1 Å². The summed E-state index contributed by atoms with van der Waals surface area (Å²) in [7, 11) is 0. The molecule has 4 rings (SSSR count). The molecular weight excluding hydrogens is 424 g/mol. The summed E-state index contributed by atoms with van der Waals surface area (Å²) in [6.07, 6.45) is 3.16. The number of hydrogen-bond acceptors (Lipinski definition) is 4. The van der Waals surface area contributed by atoms with Crippen molar-refractivity contribution in [3.63, 3.8) is 0 Å². The van der Waals surface area contributed by atoms with Crippen LogP contribution in [0.1, 0.15) is 41.4 Å². The Balaban J connectivity index is 1.85. The summed E-state index contributed by atoms with van der Waals surface area (Å²) in [4.78, 5) is 18.5. The third-order valence-electron chi connectivity index (χ3n) is 4.89. The van der Waals surface area contributed by atoms with E-state index in [1.807, 2.05) is 24.3 Å². The van der Waals surface area contributed by atoms with Crippen molar-refractivity contribution < 1.29 is 4.79 Å². The highest BCUT2D eigenvalue weighted by molar-refractivity contribution is 9.10. The smallest absolute Gasteiger partial charge is 0.256 e. The lowest BCUT2D eigenvalue weighted by molar-refractivity contribution is -0.117. The molecule has 138 valence electrons. The summed E-state index contributed by atoms with van der Waals surface area (Å²) in [5, 5.41) is 11.2. The quantitative estimate of drug-likeness (QED) is 0.622. The summed E-state index contributed by atoms with van der Waals surface area (Å²) < 4.78 is 1.01. The number of carbonyl (C=O) groups excluding carboxylic acids is 1. The second-order valence-electron chi connectivity index (χ2n) is 6.78. The van der Waals surface area contributed by atoms with Crippen LogP contribution in [0.4, 0.5) is 0 Å². The number of H-pyrrole nitrogens is 1. The van der Waals surface area contributed by atoms with Crippen LogP contribution >= 0.6 is 27.3 Å². The van der Waals surface area contributed by atoms with Crippen LogP contribution in [-0.4, -0.2) is 21.1 Å². The lowest BCUT2D eigenvalue weighted by Gasteiger charge is -2.37. The molecule has 3 heterocycles. The minimum Gasteiger partial charge on any atom is -0.342 e. The van der Waals surface area contributed by atoms with E-state index in [1.165, 1.54) is 11.2 Å². The Labute approximate surface area is 170 Å². The van der Waals surface area contributed by atoms with Gasteiger partial charge in [-0.15, -0.1) is 21.5 Å². The van der Waals surface area contributed by atoms with Crippen LogP contribution in [0.15, 0.2) is 47.2 Å². The molecule has 2 N–H and O–H groups in total. The number of thiophene rings is 1. The number of rotatable bonds is 4. The van der Waals surface area contributed by atoms with Crippen LogP contribution in [0, 0.1) is 0 Å². The van der Waals surface area contributed by atoms with Gasteiger partial charge >= 0.3 is 0 Å². The molecule has 0 spiro atoms. The highest BCUT2D eigenvalue weighted by Crippen LogP contribution is 2.42. The molecule has 27 heavy (non-hydrogen) atoms. The van der Waals surface area contributed by atoms with Crippen LogP contribution in [0.5, 0.6) is 0 Å². The second kappa shape index (κ2) is 7.05. The highest BCUT2D eigenvalue weighted by Gasteiger charge is 2.39. The SMILES string of the molecule is CCc1ccc(C2=C(c3nnc[nH]3)C(=O)N[C@](C)(c3ccc(Br)cc3)C2)s1. The van der Waals surface area contributed by atoms with Crippen molar-refractivity contribution in [3.8, 4) is 0 Å². The van der Waals surface area contributed by atoms with Gasteiger partial charge < -0.3 is 10.3 Å². The monoisotopic (exact) mass is 442 g/mol. The van der Waals surface area contributed by atoms with Gasteiger partial charge in [0.05, 0.1) is 11.1 Å². The fourth-order valence-electron chi connectivity index (χ4n) is 3.45. The van der Waals surface area contributed by atoms with Gasteiger partial charge in [0.15, 0.2) is 5.82 Å². The van der Waals surface area contributed by atoms with Gasteiger partial charge in [0, 0.05) is 20.6 Å². The van der Waals surface area contributed by atoms with E-state index in [1.54, 1.807) is 11.3 Å². The predicted octanol–water partition coefficient (Wildman–Crippen LogP) is 4.54. The molecule has 0 aliphatic carbocycles. The van der Waals surface area contributed by atoms with Crippen molar-refractivity contribution in [1.82, 2.24) is 20.5 Å². The van der Waals surface area contributed by atoms with Crippen LogP contribution in [0.2, 0.25) is 0 Å². The number of aromatic amines is 1. The summed E-state index contributed by atoms with van der Waals surface area (Å²) in [6.45, 7) is 4.21. The molecule has 1 amide bonds. The Hall–Kier alpha value is -2.25. The third-order valence-corrected chi connectivity index (χ3v) is 6.71. The van der Waals surface area contributed by atoms with Crippen molar-refractivity contribution >= 4 is 44.3 Å². The fourth-order valence-corrected chi connectivity index (χ4v) is 4.71. The molecule has 5 nitrogen and oxygen atoms in total. The molecule has 1 aliphatic heterocycles. The van der Waals surface area contributed by atoms with Gasteiger partial charge in [-0.1, -0.05) is 35.0 Å². The molecule has 7 heteroatoms. The van der Waals surface area contributed by atoms with E-state index < -0.39 is 5.54 Å². The van der Waals surface area contributed by atoms with Gasteiger partial charge in [0.1, 0.15) is 6.33 Å². The number of hydrogen-bond donors (Lipinski definition) is 2. The maximum absolute atomic E-state index is 13.1. The largest absolute Gasteiger partial charge is 0.342 e. The third kappa shape index (κ3) is 3.37. The van der Waals surface area contributed by atoms with E-state index in [2.05, 4.69) is 62.4 Å². The molecule has 0 saturated carbocycles. The maximum atomic E-state index is 13.1. The maximum Gasteiger partial charge on any atom is 0.256 e. The number of benzene rings is 1. The fraction of sp³-hybridized carbons (Fsp3) is 0.250. The average molecular weight is 443 g/mol. The molecule has 0 radical (unpaired) electrons. The molecular formula is C20H19BrN4OS. The number of nitrogens with zero attached hydrogens (tertiary/aromatic N) is 2. The highest BCUT2D eigenvalue weighted by atomic mass is 79.9. The zero-order valence-electron chi connectivity index (χ0n) is 15.0. The normalized spacial score (nSPS) is 20.0. The Kier molecular flexibility index (Phi) is 4.74. The molecule has 1 atom stereocenters. The first-order valence-corrected chi connectivity index (χ1v) is 10.4. The van der Waals surface area contributed by atoms with Gasteiger partial charge in [-0.05, 0) is 48.7 Å². The minimum absolute atomic E-state index is 0.134. The number of aryl methyl sites for hydroxylation is 1. The first kappa shape index (κ1) is 18.1. The first-order chi connectivity index (χ1) is 13.0. The number of halogens is 1. The van der Waals surface area contributed by atoms with Crippen molar-refractivity contribution in [3.05, 3.63) is 68.3 Å². The van der Waals surface area contributed by atoms with Crippen LogP contribution in [0.3, 0.4) is 0 Å². The number of carbonyl (C=O) groups is 1. The summed E-state index contributed by atoms with van der Waals surface area (Å²) >= 11 is 5.21. The molecule has 0 fully saturated rings. The number of aromatic nitrogens is 3. The first-order valence-electron chi connectivity index (χ1n) is 8.77. The standard InChI is InChI=1S/C20H19BrN4OS/c1-3-14-8-9-16(27-14)15-10-20(2,12-4-6-13(21)7-5-12)24-19(26)17(15)18-22-11-23-25-18/h4-9,11H,3,10H2,1-2H3,(H,24,26)(H,22,23,25)/t20-/m0/s1. The minimum atomic E-state index is -0.493. The molecule has 0 saturated heterocycles. The summed E-state index contributed by atoms with van der Waals surface area (Å²) in [5.41, 5.74) is 2.16. The van der Waals surface area contributed by atoms with Crippen LogP contribution in [-0.2, 0) is 16.8 Å². The van der Waals surface area contributed by atoms with Crippen molar-refractivity contribution in [2.45, 2.75) is 32.2 Å². The van der Waals surface area contributed by atoms with Crippen LogP contribution < -0.4 is 5.32 Å². The molecule has 0 unspecified atom stereocenters. The molecule has 0 bridgehead atoms. The lowest BCUT2D eigenvalue weighted by atomic mass is 9.80. The van der Waals surface area contributed by atoms with Gasteiger partial charge in [-0.2, -0.15) is 0 Å². The molecule has 1 aromatic carbocycles. The molecule has 2 aromatic heterocycles. The lowest BCUT2D eigenvalue weighted by Crippen LogP contribution is -2.47. The van der Waals surface area contributed by atoms with Gasteiger partial charge in [0.2, 0.25) is 0 Å². The Bertz CT molecular complexity index is 1010. The van der Waals surface area contributed by atoms with E-state index in [9.17, 15) is 4.79 Å². The number of amides is 1. The Morgan fingerprint density at radius 2 is 2.00 bits per heavy atom. The molecule has 3 aromatic rings.